The smallest absolute Gasteiger partial charge is 0.0455 e. The summed E-state index contributed by atoms with van der Waals surface area (Å²) < 4.78 is 0. The number of halogens is 2. The molecule has 214 valence electrons. The van der Waals surface area contributed by atoms with Crippen LogP contribution in [0.15, 0.2) is 24.3 Å². The Bertz CT molecular complexity index is 944. The van der Waals surface area contributed by atoms with Crippen LogP contribution in [0.3, 0.4) is 0 Å². The summed E-state index contributed by atoms with van der Waals surface area (Å²) in [5, 5.41) is 2.15. The van der Waals surface area contributed by atoms with Crippen LogP contribution in [0.4, 0.5) is 0 Å². The van der Waals surface area contributed by atoms with Crippen LogP contribution in [0.1, 0.15) is 159 Å². The van der Waals surface area contributed by atoms with Gasteiger partial charge in [0, 0.05) is 31.0 Å². The van der Waals surface area contributed by atoms with Gasteiger partial charge in [0.15, 0.2) is 0 Å². The van der Waals surface area contributed by atoms with Crippen molar-refractivity contribution in [3.05, 3.63) is 67.7 Å². The van der Waals surface area contributed by atoms with Gasteiger partial charge in [0.05, 0.1) is 0 Å². The first-order chi connectivity index (χ1) is 18.0. The Kier molecular flexibility index (Phi) is 15.3. The maximum atomic E-state index is 6.99. The van der Waals surface area contributed by atoms with E-state index in [1.54, 1.807) is 0 Å². The second-order valence-corrected chi connectivity index (χ2v) is 14.1. The van der Waals surface area contributed by atoms with Crippen molar-refractivity contribution in [2.45, 2.75) is 126 Å². The van der Waals surface area contributed by atoms with Gasteiger partial charge < -0.3 is 0 Å². The Morgan fingerprint density at radius 2 is 0.816 bits per heavy atom. The molecule has 0 amide bonds. The summed E-state index contributed by atoms with van der Waals surface area (Å²) in [5.41, 5.74) is 7.24. The van der Waals surface area contributed by atoms with Gasteiger partial charge in [-0.15, -0.1) is 0 Å². The highest BCUT2D eigenvalue weighted by molar-refractivity contribution is 7.81. The highest BCUT2D eigenvalue weighted by atomic mass is 35.5. The molecule has 0 fully saturated rings. The zero-order valence-corrected chi connectivity index (χ0v) is 29.1. The highest BCUT2D eigenvalue weighted by Crippen LogP contribution is 2.46. The minimum absolute atomic E-state index is 0.118. The van der Waals surface area contributed by atoms with Crippen molar-refractivity contribution in [1.82, 2.24) is 0 Å². The molecule has 6 atom stereocenters. The van der Waals surface area contributed by atoms with Gasteiger partial charge in [-0.3, -0.25) is 0 Å². The van der Waals surface area contributed by atoms with E-state index in [1.165, 1.54) is 22.3 Å². The first-order valence-corrected chi connectivity index (χ1v) is 17.2. The molecule has 38 heavy (non-hydrogen) atoms. The average Bonchev–Trinajstić information content (AvgIpc) is 2.87. The lowest BCUT2D eigenvalue weighted by Crippen LogP contribution is -2.10. The lowest BCUT2D eigenvalue weighted by Gasteiger charge is -2.28. The van der Waals surface area contributed by atoms with Gasteiger partial charge in [0.2, 0.25) is 0 Å². The molecule has 0 aromatic heterocycles. The number of hydrogen-bond donors (Lipinski definition) is 4. The van der Waals surface area contributed by atoms with E-state index >= 15 is 0 Å². The van der Waals surface area contributed by atoms with Crippen molar-refractivity contribution in [2.75, 3.05) is 0 Å². The van der Waals surface area contributed by atoms with E-state index in [0.29, 0.717) is 0 Å². The summed E-state index contributed by atoms with van der Waals surface area (Å²) in [5.74, 6) is 0.488. The Morgan fingerprint density at radius 1 is 0.526 bits per heavy atom. The lowest BCUT2D eigenvalue weighted by molar-refractivity contribution is 0.619. The molecule has 6 heteroatoms. The van der Waals surface area contributed by atoms with Crippen LogP contribution in [0.5, 0.6) is 0 Å². The maximum absolute atomic E-state index is 6.99. The van der Waals surface area contributed by atoms with E-state index in [4.69, 9.17) is 73.7 Å². The minimum Gasteiger partial charge on any atom is -0.171 e. The number of hydrogen-bond acceptors (Lipinski definition) is 4. The fraction of sp³-hybridized carbons (Fsp3) is 0.625. The first kappa shape index (κ1) is 34.6. The van der Waals surface area contributed by atoms with Crippen LogP contribution in [-0.4, -0.2) is 0 Å². The van der Waals surface area contributed by atoms with Gasteiger partial charge in [-0.2, -0.15) is 50.5 Å². The van der Waals surface area contributed by atoms with Crippen LogP contribution in [0.2, 0.25) is 10.0 Å². The SMILES string of the molecule is CCCC(S)c1cc(C(C)C(C)c2cc(Cl)c(C(S)CCC)c(C(S)CCC)c2)cc(Cl)c1C(S)CCC. The predicted molar refractivity (Wildman–Crippen MR) is 186 cm³/mol. The molecular formula is C32H48Cl2S4. The molecule has 0 bridgehead atoms. The van der Waals surface area contributed by atoms with Crippen LogP contribution >= 0.6 is 73.7 Å². The summed E-state index contributed by atoms with van der Waals surface area (Å²) in [6.07, 6.45) is 8.30. The monoisotopic (exact) mass is 630 g/mol. The molecule has 0 aliphatic heterocycles. The molecule has 0 heterocycles. The molecule has 0 aliphatic carbocycles. The van der Waals surface area contributed by atoms with Crippen LogP contribution in [0, 0.1) is 0 Å². The second-order valence-electron chi connectivity index (χ2n) is 10.8. The Labute approximate surface area is 265 Å². The van der Waals surface area contributed by atoms with Gasteiger partial charge in [0.1, 0.15) is 0 Å². The van der Waals surface area contributed by atoms with Crippen molar-refractivity contribution in [3.63, 3.8) is 0 Å². The molecule has 0 saturated heterocycles. The third-order valence-electron chi connectivity index (χ3n) is 7.80. The third kappa shape index (κ3) is 8.71. The normalized spacial score (nSPS) is 16.6. The van der Waals surface area contributed by atoms with Crippen molar-refractivity contribution >= 4 is 73.7 Å². The first-order valence-electron chi connectivity index (χ1n) is 14.4. The average molecular weight is 632 g/mol. The summed E-state index contributed by atoms with van der Waals surface area (Å²) >= 11 is 33.9. The van der Waals surface area contributed by atoms with Crippen LogP contribution in [0.25, 0.3) is 0 Å². The van der Waals surface area contributed by atoms with E-state index in [-0.39, 0.29) is 32.8 Å². The minimum atomic E-state index is 0.118. The topological polar surface area (TPSA) is 0 Å². The van der Waals surface area contributed by atoms with Crippen LogP contribution < -0.4 is 0 Å². The largest absolute Gasteiger partial charge is 0.171 e. The predicted octanol–water partition coefficient (Wildman–Crippen LogP) is 13.0. The van der Waals surface area contributed by atoms with Gasteiger partial charge >= 0.3 is 0 Å². The fourth-order valence-corrected chi connectivity index (χ4v) is 8.30. The summed E-state index contributed by atoms with van der Waals surface area (Å²) in [6.45, 7) is 13.4. The fourth-order valence-electron chi connectivity index (χ4n) is 5.37. The lowest BCUT2D eigenvalue weighted by atomic mass is 9.80. The molecule has 0 nitrogen and oxygen atoms in total. The maximum Gasteiger partial charge on any atom is 0.0455 e. The van der Waals surface area contributed by atoms with E-state index in [9.17, 15) is 0 Å². The molecule has 2 rings (SSSR count). The molecule has 0 radical (unpaired) electrons. The quantitative estimate of drug-likeness (QED) is 0.138. The molecule has 0 spiro atoms. The Balaban J connectivity index is 2.58. The van der Waals surface area contributed by atoms with Crippen molar-refractivity contribution in [3.8, 4) is 0 Å². The zero-order chi connectivity index (χ0) is 28.6. The van der Waals surface area contributed by atoms with Crippen molar-refractivity contribution in [1.29, 1.82) is 0 Å². The molecule has 0 aliphatic rings. The van der Waals surface area contributed by atoms with Gasteiger partial charge in [-0.05, 0) is 83.0 Å². The van der Waals surface area contributed by atoms with Gasteiger partial charge in [0.25, 0.3) is 0 Å². The van der Waals surface area contributed by atoms with E-state index in [2.05, 4.69) is 65.8 Å². The van der Waals surface area contributed by atoms with Gasteiger partial charge in [-0.25, -0.2) is 0 Å². The van der Waals surface area contributed by atoms with Crippen LogP contribution in [-0.2, 0) is 0 Å². The third-order valence-corrected chi connectivity index (χ3v) is 10.5. The molecular weight excluding hydrogens is 584 g/mol. The van der Waals surface area contributed by atoms with Crippen molar-refractivity contribution < 1.29 is 0 Å². The molecule has 2 aromatic rings. The molecule has 6 unspecified atom stereocenters. The molecule has 0 saturated carbocycles. The molecule has 2 aromatic carbocycles. The summed E-state index contributed by atoms with van der Waals surface area (Å²) in [6, 6.07) is 9.00. The number of thiol groups is 4. The van der Waals surface area contributed by atoms with E-state index in [0.717, 1.165) is 72.5 Å². The van der Waals surface area contributed by atoms with Gasteiger partial charge in [-0.1, -0.05) is 103 Å². The zero-order valence-electron chi connectivity index (χ0n) is 24.0. The highest BCUT2D eigenvalue weighted by Gasteiger charge is 2.26. The number of benzene rings is 2. The second kappa shape index (κ2) is 16.8. The number of rotatable bonds is 15. The van der Waals surface area contributed by atoms with E-state index < -0.39 is 0 Å². The Hall–Kier alpha value is 0.420. The molecule has 0 N–H and O–H groups in total. The summed E-state index contributed by atoms with van der Waals surface area (Å²) in [7, 11) is 0. The Morgan fingerprint density at radius 3 is 1.11 bits per heavy atom. The standard InChI is InChI=1S/C32H48Cl2S4/c1-7-11-27(35)23-15-21(17-25(33)31(23)29(37)13-9-3)19(5)20(6)22-16-24(28(36)12-8-2)32(26(34)18-22)30(38)14-10-4/h15-20,27-30,35-38H,7-14H2,1-6H3. The van der Waals surface area contributed by atoms with E-state index in [1.807, 2.05) is 0 Å². The van der Waals surface area contributed by atoms with Crippen molar-refractivity contribution in [2.24, 2.45) is 0 Å². The summed E-state index contributed by atoms with van der Waals surface area (Å²) in [4.78, 5) is 0.